The number of halogens is 1. The van der Waals surface area contributed by atoms with Crippen LogP contribution in [0.3, 0.4) is 0 Å². The van der Waals surface area contributed by atoms with Crippen molar-refractivity contribution in [1.29, 1.82) is 0 Å². The van der Waals surface area contributed by atoms with Crippen LogP contribution in [0.4, 0.5) is 4.79 Å². The van der Waals surface area contributed by atoms with Crippen LogP contribution in [0.2, 0.25) is 5.02 Å². The van der Waals surface area contributed by atoms with Gasteiger partial charge in [0.15, 0.2) is 0 Å². The number of carbonyl (C=O) groups excluding carboxylic acids is 1. The summed E-state index contributed by atoms with van der Waals surface area (Å²) in [6, 6.07) is 18.2. The second-order valence-corrected chi connectivity index (χ2v) is 8.10. The third-order valence-corrected chi connectivity index (χ3v) is 6.43. The van der Waals surface area contributed by atoms with Gasteiger partial charge < -0.3 is 15.4 Å². The van der Waals surface area contributed by atoms with E-state index in [1.165, 1.54) is 5.56 Å². The van der Waals surface area contributed by atoms with E-state index < -0.39 is 0 Å². The number of nitrogens with two attached hydrogens (primary N) is 1. The monoisotopic (exact) mass is 384 g/mol. The zero-order chi connectivity index (χ0) is 18.9. The molecule has 1 atom stereocenters. The van der Waals surface area contributed by atoms with E-state index in [1.807, 2.05) is 53.4 Å². The third kappa shape index (κ3) is 3.56. The fourth-order valence-electron chi connectivity index (χ4n) is 4.51. The van der Waals surface area contributed by atoms with E-state index in [2.05, 4.69) is 6.07 Å². The Bertz CT molecular complexity index is 803. The van der Waals surface area contributed by atoms with Gasteiger partial charge in [0.1, 0.15) is 6.10 Å². The SMILES string of the molecule is NC[C@]1(c2cccc(Cl)c2)CC[C@H](N2C[C@H](c3ccccc3)OC2=O)CC1. The maximum absolute atomic E-state index is 12.5. The molecule has 142 valence electrons. The summed E-state index contributed by atoms with van der Waals surface area (Å²) in [4.78, 5) is 14.4. The molecule has 5 heteroatoms. The van der Waals surface area contributed by atoms with Crippen LogP contribution in [-0.4, -0.2) is 30.1 Å². The molecule has 0 bridgehead atoms. The minimum Gasteiger partial charge on any atom is -0.439 e. The lowest BCUT2D eigenvalue weighted by Gasteiger charge is -2.42. The molecule has 2 fully saturated rings. The van der Waals surface area contributed by atoms with E-state index in [4.69, 9.17) is 22.1 Å². The maximum Gasteiger partial charge on any atom is 0.410 e. The number of cyclic esters (lactones) is 1. The quantitative estimate of drug-likeness (QED) is 0.833. The molecule has 1 aliphatic carbocycles. The predicted molar refractivity (Wildman–Crippen MR) is 107 cm³/mol. The number of amides is 1. The summed E-state index contributed by atoms with van der Waals surface area (Å²) in [5.74, 6) is 0. The van der Waals surface area contributed by atoms with Gasteiger partial charge in [-0.25, -0.2) is 4.79 Å². The van der Waals surface area contributed by atoms with E-state index in [1.54, 1.807) is 0 Å². The van der Waals surface area contributed by atoms with Crippen molar-refractivity contribution in [3.63, 3.8) is 0 Å². The molecule has 2 N–H and O–H groups in total. The lowest BCUT2D eigenvalue weighted by Crippen LogP contribution is -2.45. The molecule has 2 aromatic rings. The molecule has 4 nitrogen and oxygen atoms in total. The van der Waals surface area contributed by atoms with Gasteiger partial charge in [0.2, 0.25) is 0 Å². The van der Waals surface area contributed by atoms with Gasteiger partial charge in [0, 0.05) is 23.0 Å². The highest BCUT2D eigenvalue weighted by atomic mass is 35.5. The summed E-state index contributed by atoms with van der Waals surface area (Å²) in [6.45, 7) is 1.22. The van der Waals surface area contributed by atoms with Crippen molar-refractivity contribution in [2.45, 2.75) is 43.2 Å². The van der Waals surface area contributed by atoms with Crippen LogP contribution in [0.1, 0.15) is 42.9 Å². The zero-order valence-corrected chi connectivity index (χ0v) is 16.1. The van der Waals surface area contributed by atoms with Gasteiger partial charge in [-0.3, -0.25) is 0 Å². The molecule has 27 heavy (non-hydrogen) atoms. The van der Waals surface area contributed by atoms with E-state index in [0.717, 1.165) is 36.3 Å². The molecule has 1 heterocycles. The summed E-state index contributed by atoms with van der Waals surface area (Å²) in [5.41, 5.74) is 8.41. The molecule has 2 aromatic carbocycles. The number of hydrogen-bond acceptors (Lipinski definition) is 3. The average molecular weight is 385 g/mol. The van der Waals surface area contributed by atoms with Crippen LogP contribution in [0.5, 0.6) is 0 Å². The van der Waals surface area contributed by atoms with Gasteiger partial charge in [-0.05, 0) is 48.9 Å². The third-order valence-electron chi connectivity index (χ3n) is 6.19. The number of nitrogens with zero attached hydrogens (tertiary/aromatic N) is 1. The Kier molecular flexibility index (Phi) is 5.11. The molecule has 4 rings (SSSR count). The van der Waals surface area contributed by atoms with Crippen molar-refractivity contribution in [2.24, 2.45) is 5.73 Å². The Balaban J connectivity index is 1.45. The lowest BCUT2D eigenvalue weighted by atomic mass is 9.68. The molecule has 0 aromatic heterocycles. The minimum absolute atomic E-state index is 0.0517. The second kappa shape index (κ2) is 7.53. The molecule has 2 aliphatic rings. The largest absolute Gasteiger partial charge is 0.439 e. The normalized spacial score (nSPS) is 28.2. The fourth-order valence-corrected chi connectivity index (χ4v) is 4.71. The Hall–Kier alpha value is -2.04. The van der Waals surface area contributed by atoms with Crippen LogP contribution < -0.4 is 5.73 Å². The molecule has 1 saturated carbocycles. The molecule has 1 amide bonds. The number of rotatable bonds is 4. The second-order valence-electron chi connectivity index (χ2n) is 7.66. The summed E-state index contributed by atoms with van der Waals surface area (Å²) >= 11 is 6.20. The number of hydrogen-bond donors (Lipinski definition) is 1. The van der Waals surface area contributed by atoms with Crippen LogP contribution in [-0.2, 0) is 10.2 Å². The summed E-state index contributed by atoms with van der Waals surface area (Å²) < 4.78 is 5.64. The van der Waals surface area contributed by atoms with E-state index in [0.29, 0.717) is 13.1 Å². The van der Waals surface area contributed by atoms with Crippen LogP contribution in [0.15, 0.2) is 54.6 Å². The van der Waals surface area contributed by atoms with Crippen LogP contribution in [0, 0.1) is 0 Å². The van der Waals surface area contributed by atoms with Gasteiger partial charge in [0.05, 0.1) is 6.54 Å². The molecule has 1 aliphatic heterocycles. The molecular formula is C22H25ClN2O2. The molecule has 1 saturated heterocycles. The van der Waals surface area contributed by atoms with Crippen LogP contribution in [0.25, 0.3) is 0 Å². The van der Waals surface area contributed by atoms with Gasteiger partial charge in [-0.1, -0.05) is 54.1 Å². The fraction of sp³-hybridized carbons (Fsp3) is 0.409. The highest BCUT2D eigenvalue weighted by Gasteiger charge is 2.42. The molecule has 0 radical (unpaired) electrons. The first-order chi connectivity index (χ1) is 13.1. The van der Waals surface area contributed by atoms with Crippen molar-refractivity contribution in [1.82, 2.24) is 4.90 Å². The minimum atomic E-state index is -0.197. The Labute approximate surface area is 165 Å². The van der Waals surface area contributed by atoms with Crippen LogP contribution >= 0.6 is 11.6 Å². The first kappa shape index (κ1) is 18.3. The summed E-state index contributed by atoms with van der Waals surface area (Å²) in [6.07, 6.45) is 3.40. The topological polar surface area (TPSA) is 55.6 Å². The van der Waals surface area contributed by atoms with Crippen molar-refractivity contribution in [2.75, 3.05) is 13.1 Å². The van der Waals surface area contributed by atoms with Gasteiger partial charge in [-0.2, -0.15) is 0 Å². The number of carbonyl (C=O) groups is 1. The zero-order valence-electron chi connectivity index (χ0n) is 15.3. The van der Waals surface area contributed by atoms with E-state index in [9.17, 15) is 4.79 Å². The first-order valence-electron chi connectivity index (χ1n) is 9.60. The summed E-state index contributed by atoms with van der Waals surface area (Å²) in [7, 11) is 0. The Morgan fingerprint density at radius 2 is 1.85 bits per heavy atom. The number of benzene rings is 2. The standard InChI is InChI=1S/C22H25ClN2O2/c23-18-8-4-7-17(13-18)22(15-24)11-9-19(10-12-22)25-14-20(27-21(25)26)16-5-2-1-3-6-16/h1-8,13,19-20H,9-12,14-15,24H2/t19-,20-,22-/m1/s1. The Morgan fingerprint density at radius 3 is 2.52 bits per heavy atom. The average Bonchev–Trinajstić information content (AvgIpc) is 3.10. The van der Waals surface area contributed by atoms with Crippen molar-refractivity contribution in [3.05, 3.63) is 70.7 Å². The first-order valence-corrected chi connectivity index (χ1v) is 9.97. The van der Waals surface area contributed by atoms with Gasteiger partial charge in [0.25, 0.3) is 0 Å². The smallest absolute Gasteiger partial charge is 0.410 e. The van der Waals surface area contributed by atoms with Gasteiger partial charge >= 0.3 is 6.09 Å². The Morgan fingerprint density at radius 1 is 1.11 bits per heavy atom. The summed E-state index contributed by atoms with van der Waals surface area (Å²) in [5, 5.41) is 0.747. The molecular weight excluding hydrogens is 360 g/mol. The van der Waals surface area contributed by atoms with Gasteiger partial charge in [-0.15, -0.1) is 0 Å². The predicted octanol–water partition coefficient (Wildman–Crippen LogP) is 4.67. The highest BCUT2D eigenvalue weighted by molar-refractivity contribution is 6.30. The molecule has 0 unspecified atom stereocenters. The molecule has 0 spiro atoms. The van der Waals surface area contributed by atoms with E-state index in [-0.39, 0.29) is 23.7 Å². The lowest BCUT2D eigenvalue weighted by molar-refractivity contribution is 0.117. The van der Waals surface area contributed by atoms with Crippen molar-refractivity contribution >= 4 is 17.7 Å². The maximum atomic E-state index is 12.5. The number of ether oxygens (including phenoxy) is 1. The van der Waals surface area contributed by atoms with E-state index >= 15 is 0 Å². The highest BCUT2D eigenvalue weighted by Crippen LogP contribution is 2.42. The van der Waals surface area contributed by atoms with Crippen molar-refractivity contribution < 1.29 is 9.53 Å². The van der Waals surface area contributed by atoms with Crippen molar-refractivity contribution in [3.8, 4) is 0 Å².